The highest BCUT2D eigenvalue weighted by molar-refractivity contribution is 6.10. The number of carbonyl (C=O) groups is 1. The maximum absolute atomic E-state index is 11.7. The molecule has 2 aliphatic rings. The van der Waals surface area contributed by atoms with Crippen molar-refractivity contribution in [1.82, 2.24) is 0 Å². The van der Waals surface area contributed by atoms with E-state index in [-0.39, 0.29) is 11.2 Å². The lowest BCUT2D eigenvalue weighted by Crippen LogP contribution is -2.50. The smallest absolute Gasteiger partial charge is 0.254 e. The van der Waals surface area contributed by atoms with Gasteiger partial charge in [0.2, 0.25) is 5.78 Å². The summed E-state index contributed by atoms with van der Waals surface area (Å²) in [6.45, 7) is 7.06. The van der Waals surface area contributed by atoms with E-state index in [2.05, 4.69) is 0 Å². The average molecular weight is 182 g/mol. The number of Topliss-reactive ketones (excluding diaryl/α,β-unsaturated/α-hetero) is 1. The molecule has 0 amide bonds. The second-order valence-corrected chi connectivity index (χ2v) is 4.50. The van der Waals surface area contributed by atoms with Gasteiger partial charge >= 0.3 is 0 Å². The Morgan fingerprint density at radius 3 is 2.23 bits per heavy atom. The second kappa shape index (κ2) is 2.42. The Morgan fingerprint density at radius 1 is 1.31 bits per heavy atom. The molecule has 3 nitrogen and oxygen atoms in total. The minimum absolute atomic E-state index is 0.00231. The summed E-state index contributed by atoms with van der Waals surface area (Å²) < 4.78 is 10.5. The van der Waals surface area contributed by atoms with Crippen molar-refractivity contribution in [3.63, 3.8) is 0 Å². The van der Waals surface area contributed by atoms with E-state index in [1.165, 1.54) is 0 Å². The van der Waals surface area contributed by atoms with E-state index in [1.54, 1.807) is 0 Å². The Kier molecular flexibility index (Phi) is 1.66. The first-order chi connectivity index (χ1) is 5.96. The molecule has 0 radical (unpaired) electrons. The van der Waals surface area contributed by atoms with Crippen LogP contribution in [0.15, 0.2) is 11.6 Å². The van der Waals surface area contributed by atoms with Crippen LogP contribution in [0.25, 0.3) is 0 Å². The highest BCUT2D eigenvalue weighted by Gasteiger charge is 2.54. The van der Waals surface area contributed by atoms with Crippen molar-refractivity contribution in [3.8, 4) is 0 Å². The molecule has 0 aromatic heterocycles. The summed E-state index contributed by atoms with van der Waals surface area (Å²) in [7, 11) is 0. The highest BCUT2D eigenvalue weighted by atomic mass is 16.7. The third kappa shape index (κ3) is 1.15. The van der Waals surface area contributed by atoms with Gasteiger partial charge in [0, 0.05) is 5.57 Å². The van der Waals surface area contributed by atoms with E-state index in [0.29, 0.717) is 13.2 Å². The first-order valence-electron chi connectivity index (χ1n) is 4.52. The molecule has 0 N–H and O–H groups in total. The van der Waals surface area contributed by atoms with E-state index < -0.39 is 5.79 Å². The fourth-order valence-corrected chi connectivity index (χ4v) is 1.63. The molecule has 72 valence electrons. The predicted octanol–water partition coefficient (Wildman–Crippen LogP) is 1.28. The number of rotatable bonds is 0. The van der Waals surface area contributed by atoms with Crippen LogP contribution in [0.5, 0.6) is 0 Å². The van der Waals surface area contributed by atoms with E-state index in [1.807, 2.05) is 26.8 Å². The Labute approximate surface area is 77.7 Å². The van der Waals surface area contributed by atoms with Gasteiger partial charge in [-0.05, 0) is 11.5 Å². The van der Waals surface area contributed by atoms with Crippen molar-refractivity contribution < 1.29 is 14.3 Å². The van der Waals surface area contributed by atoms with Gasteiger partial charge in [0.15, 0.2) is 0 Å². The fourth-order valence-electron chi connectivity index (χ4n) is 1.63. The zero-order valence-corrected chi connectivity index (χ0v) is 8.22. The summed E-state index contributed by atoms with van der Waals surface area (Å²) in [5, 5.41) is 0. The summed E-state index contributed by atoms with van der Waals surface area (Å²) in [5.74, 6) is -1.000. The van der Waals surface area contributed by atoms with E-state index >= 15 is 0 Å². The van der Waals surface area contributed by atoms with Crippen LogP contribution < -0.4 is 0 Å². The van der Waals surface area contributed by atoms with Crippen LogP contribution in [0.3, 0.4) is 0 Å². The molecule has 1 saturated heterocycles. The summed E-state index contributed by atoms with van der Waals surface area (Å²) >= 11 is 0. The highest BCUT2D eigenvalue weighted by Crippen LogP contribution is 2.42. The predicted molar refractivity (Wildman–Crippen MR) is 47.2 cm³/mol. The molecule has 1 aliphatic carbocycles. The Morgan fingerprint density at radius 2 is 1.85 bits per heavy atom. The van der Waals surface area contributed by atoms with Crippen molar-refractivity contribution in [1.29, 1.82) is 0 Å². The van der Waals surface area contributed by atoms with Crippen molar-refractivity contribution in [2.75, 3.05) is 13.2 Å². The first kappa shape index (κ1) is 8.91. The molecule has 13 heavy (non-hydrogen) atoms. The summed E-state index contributed by atoms with van der Waals surface area (Å²) in [4.78, 5) is 11.7. The van der Waals surface area contributed by atoms with Gasteiger partial charge in [-0.25, -0.2) is 0 Å². The minimum Gasteiger partial charge on any atom is -0.338 e. The van der Waals surface area contributed by atoms with Gasteiger partial charge in [-0.1, -0.05) is 20.8 Å². The van der Waals surface area contributed by atoms with Crippen LogP contribution in [0.1, 0.15) is 20.8 Å². The van der Waals surface area contributed by atoms with Gasteiger partial charge in [0.1, 0.15) is 0 Å². The monoisotopic (exact) mass is 182 g/mol. The molecule has 0 bridgehead atoms. The molecular weight excluding hydrogens is 168 g/mol. The number of carbonyl (C=O) groups excluding carboxylic acids is 1. The number of hydrogen-bond acceptors (Lipinski definition) is 3. The summed E-state index contributed by atoms with van der Waals surface area (Å²) in [5.41, 5.74) is 0.715. The Balaban J connectivity index is 2.25. The minimum atomic E-state index is -0.997. The molecule has 0 unspecified atom stereocenters. The van der Waals surface area contributed by atoms with Gasteiger partial charge < -0.3 is 9.47 Å². The molecule has 0 aromatic rings. The molecule has 1 heterocycles. The maximum Gasteiger partial charge on any atom is 0.254 e. The lowest BCUT2D eigenvalue weighted by atomic mass is 9.74. The zero-order chi connectivity index (χ0) is 9.69. The van der Waals surface area contributed by atoms with Gasteiger partial charge in [0.05, 0.1) is 13.2 Å². The summed E-state index contributed by atoms with van der Waals surface area (Å²) in [6.07, 6.45) is 1.81. The molecule has 0 saturated carbocycles. The van der Waals surface area contributed by atoms with Gasteiger partial charge in [-0.3, -0.25) is 4.79 Å². The molecule has 0 aromatic carbocycles. The van der Waals surface area contributed by atoms with Crippen LogP contribution in [0.4, 0.5) is 0 Å². The van der Waals surface area contributed by atoms with Crippen molar-refractivity contribution in [2.24, 2.45) is 5.41 Å². The van der Waals surface area contributed by atoms with Crippen LogP contribution >= 0.6 is 0 Å². The number of ether oxygens (including phenoxy) is 2. The first-order valence-corrected chi connectivity index (χ1v) is 4.52. The number of hydrogen-bond donors (Lipinski definition) is 0. The lowest BCUT2D eigenvalue weighted by Gasteiger charge is -2.37. The van der Waals surface area contributed by atoms with Crippen LogP contribution in [0.2, 0.25) is 0 Å². The van der Waals surface area contributed by atoms with Crippen molar-refractivity contribution in [3.05, 3.63) is 11.6 Å². The Hall–Kier alpha value is -0.670. The normalized spacial score (nSPS) is 26.1. The maximum atomic E-state index is 11.7. The molecule has 1 aliphatic heterocycles. The van der Waals surface area contributed by atoms with Crippen LogP contribution in [-0.4, -0.2) is 24.8 Å². The van der Waals surface area contributed by atoms with Crippen molar-refractivity contribution >= 4 is 5.78 Å². The molecule has 2 rings (SSSR count). The molecule has 0 atom stereocenters. The molecule has 1 spiro atoms. The average Bonchev–Trinajstić information content (AvgIpc) is 2.48. The SMILES string of the molecule is CC(C)(C)C1=CC2(OCCO2)C1=O. The van der Waals surface area contributed by atoms with Gasteiger partial charge in [0.25, 0.3) is 5.79 Å². The van der Waals surface area contributed by atoms with Crippen LogP contribution in [0, 0.1) is 5.41 Å². The summed E-state index contributed by atoms with van der Waals surface area (Å²) in [6, 6.07) is 0. The van der Waals surface area contributed by atoms with Gasteiger partial charge in [-0.15, -0.1) is 0 Å². The third-order valence-corrected chi connectivity index (χ3v) is 2.42. The lowest BCUT2D eigenvalue weighted by molar-refractivity contribution is -0.168. The quantitative estimate of drug-likeness (QED) is 0.566. The van der Waals surface area contributed by atoms with E-state index in [9.17, 15) is 4.79 Å². The zero-order valence-electron chi connectivity index (χ0n) is 8.22. The van der Waals surface area contributed by atoms with E-state index in [0.717, 1.165) is 5.57 Å². The number of ketones is 1. The second-order valence-electron chi connectivity index (χ2n) is 4.50. The fraction of sp³-hybridized carbons (Fsp3) is 0.700. The van der Waals surface area contributed by atoms with E-state index in [4.69, 9.17) is 9.47 Å². The molecular formula is C10H14O3. The topological polar surface area (TPSA) is 35.5 Å². The standard InChI is InChI=1S/C10H14O3/c1-9(2,3)7-6-10(8(7)11)12-4-5-13-10/h6H,4-5H2,1-3H3. The molecule has 3 heteroatoms. The molecule has 1 fully saturated rings. The Bertz CT molecular complexity index is 277. The van der Waals surface area contributed by atoms with Crippen molar-refractivity contribution in [2.45, 2.75) is 26.6 Å². The van der Waals surface area contributed by atoms with Gasteiger partial charge in [-0.2, -0.15) is 0 Å². The third-order valence-electron chi connectivity index (χ3n) is 2.42. The van der Waals surface area contributed by atoms with Crippen LogP contribution in [-0.2, 0) is 14.3 Å². The largest absolute Gasteiger partial charge is 0.338 e.